The number of pyridine rings is 2. The first-order chi connectivity index (χ1) is 10.7. The Kier molecular flexibility index (Phi) is 4.11. The molecule has 3 heterocycles. The molecule has 114 valence electrons. The topological polar surface area (TPSA) is 66.3 Å². The number of likely N-dealkylation sites (tertiary alicyclic amines) is 1. The van der Waals surface area contributed by atoms with Crippen molar-refractivity contribution in [2.45, 2.75) is 25.0 Å². The molecule has 6 heteroatoms. The molecule has 1 aliphatic heterocycles. The van der Waals surface area contributed by atoms with Gasteiger partial charge in [-0.3, -0.25) is 14.8 Å². The van der Waals surface area contributed by atoms with Crippen molar-refractivity contribution in [3.8, 4) is 0 Å². The summed E-state index contributed by atoms with van der Waals surface area (Å²) < 4.78 is 13.8. The van der Waals surface area contributed by atoms with Crippen LogP contribution in [0.25, 0.3) is 0 Å². The lowest BCUT2D eigenvalue weighted by Gasteiger charge is -2.26. The molecule has 2 aromatic heterocycles. The van der Waals surface area contributed by atoms with Crippen LogP contribution in [0, 0.1) is 5.82 Å². The number of rotatable bonds is 3. The lowest BCUT2D eigenvalue weighted by molar-refractivity contribution is 0.0635. The molecule has 1 fully saturated rings. The molecule has 0 aromatic carbocycles. The fraction of sp³-hybridized carbons (Fsp3) is 0.312. The summed E-state index contributed by atoms with van der Waals surface area (Å²) >= 11 is 0. The van der Waals surface area contributed by atoms with E-state index in [1.54, 1.807) is 17.3 Å². The van der Waals surface area contributed by atoms with Crippen LogP contribution in [0.2, 0.25) is 0 Å². The van der Waals surface area contributed by atoms with Crippen molar-refractivity contribution in [2.24, 2.45) is 0 Å². The number of halogens is 1. The molecule has 2 atom stereocenters. The molecule has 0 unspecified atom stereocenters. The summed E-state index contributed by atoms with van der Waals surface area (Å²) in [6.07, 6.45) is 6.16. The molecule has 0 spiro atoms. The van der Waals surface area contributed by atoms with Crippen LogP contribution >= 0.6 is 0 Å². The summed E-state index contributed by atoms with van der Waals surface area (Å²) in [6, 6.07) is 4.70. The molecule has 5 nitrogen and oxygen atoms in total. The molecular weight excluding hydrogens is 285 g/mol. The summed E-state index contributed by atoms with van der Waals surface area (Å²) in [5, 5.41) is 10.2. The first kappa shape index (κ1) is 14.6. The molecule has 0 radical (unpaired) electrons. The largest absolute Gasteiger partial charge is 0.391 e. The van der Waals surface area contributed by atoms with Gasteiger partial charge in [-0.2, -0.15) is 0 Å². The SMILES string of the molecule is O=C(c1ccncc1F)N1CC[C@@H](O)[C@@H]1Cc1ccncc1. The highest BCUT2D eigenvalue weighted by molar-refractivity contribution is 5.94. The standard InChI is InChI=1S/C16H16FN3O2/c17-13-10-19-7-3-12(13)16(22)20-8-4-15(21)14(20)9-11-1-5-18-6-2-11/h1-3,5-7,10,14-15,21H,4,8-9H2/t14-,15+/m0/s1. The van der Waals surface area contributed by atoms with Gasteiger partial charge in [0.2, 0.25) is 0 Å². The number of nitrogens with zero attached hydrogens (tertiary/aromatic N) is 3. The Morgan fingerprint density at radius 1 is 1.27 bits per heavy atom. The molecule has 2 aromatic rings. The Labute approximate surface area is 127 Å². The van der Waals surface area contributed by atoms with E-state index in [-0.39, 0.29) is 11.6 Å². The molecule has 3 rings (SSSR count). The van der Waals surface area contributed by atoms with E-state index in [1.165, 1.54) is 12.3 Å². The van der Waals surface area contributed by atoms with Gasteiger partial charge in [-0.05, 0) is 36.6 Å². The number of hydrogen-bond acceptors (Lipinski definition) is 4. The van der Waals surface area contributed by atoms with Crippen LogP contribution in [0.4, 0.5) is 4.39 Å². The number of hydrogen-bond donors (Lipinski definition) is 1. The first-order valence-electron chi connectivity index (χ1n) is 7.14. The highest BCUT2D eigenvalue weighted by Crippen LogP contribution is 2.24. The van der Waals surface area contributed by atoms with Crippen LogP contribution < -0.4 is 0 Å². The fourth-order valence-corrected chi connectivity index (χ4v) is 2.80. The van der Waals surface area contributed by atoms with Crippen molar-refractivity contribution in [3.63, 3.8) is 0 Å². The zero-order valence-electron chi connectivity index (χ0n) is 11.9. The number of carbonyl (C=O) groups is 1. The summed E-state index contributed by atoms with van der Waals surface area (Å²) in [7, 11) is 0. The first-order valence-corrected chi connectivity index (χ1v) is 7.14. The Bertz CT molecular complexity index is 665. The smallest absolute Gasteiger partial charge is 0.257 e. The van der Waals surface area contributed by atoms with E-state index in [4.69, 9.17) is 0 Å². The van der Waals surface area contributed by atoms with E-state index in [2.05, 4.69) is 9.97 Å². The number of carbonyl (C=O) groups excluding carboxylic acids is 1. The highest BCUT2D eigenvalue weighted by Gasteiger charge is 2.37. The van der Waals surface area contributed by atoms with Crippen molar-refractivity contribution in [1.29, 1.82) is 0 Å². The van der Waals surface area contributed by atoms with Crippen LogP contribution in [-0.2, 0) is 6.42 Å². The van der Waals surface area contributed by atoms with Crippen LogP contribution in [0.15, 0.2) is 43.0 Å². The lowest BCUT2D eigenvalue weighted by atomic mass is 10.0. The lowest BCUT2D eigenvalue weighted by Crippen LogP contribution is -2.41. The van der Waals surface area contributed by atoms with E-state index >= 15 is 0 Å². The quantitative estimate of drug-likeness (QED) is 0.931. The van der Waals surface area contributed by atoms with Crippen molar-refractivity contribution < 1.29 is 14.3 Å². The van der Waals surface area contributed by atoms with Gasteiger partial charge in [-0.15, -0.1) is 0 Å². The van der Waals surface area contributed by atoms with Gasteiger partial charge in [-0.25, -0.2) is 4.39 Å². The molecule has 1 N–H and O–H groups in total. The Hall–Kier alpha value is -2.34. The number of amides is 1. The molecular formula is C16H16FN3O2. The molecule has 0 bridgehead atoms. The van der Waals surface area contributed by atoms with Crippen LogP contribution in [0.1, 0.15) is 22.3 Å². The Morgan fingerprint density at radius 3 is 2.73 bits per heavy atom. The predicted octanol–water partition coefficient (Wildman–Crippen LogP) is 1.43. The van der Waals surface area contributed by atoms with E-state index in [1.807, 2.05) is 12.1 Å². The third-order valence-electron chi connectivity index (χ3n) is 3.97. The van der Waals surface area contributed by atoms with Crippen LogP contribution in [0.5, 0.6) is 0 Å². The molecule has 1 aliphatic rings. The minimum absolute atomic E-state index is 0.0103. The van der Waals surface area contributed by atoms with Gasteiger partial charge >= 0.3 is 0 Å². The second-order valence-corrected chi connectivity index (χ2v) is 5.34. The molecule has 1 saturated heterocycles. The fourth-order valence-electron chi connectivity index (χ4n) is 2.80. The normalized spacial score (nSPS) is 21.1. The highest BCUT2D eigenvalue weighted by atomic mass is 19.1. The van der Waals surface area contributed by atoms with Crippen molar-refractivity contribution in [2.75, 3.05) is 6.54 Å². The van der Waals surface area contributed by atoms with E-state index in [9.17, 15) is 14.3 Å². The van der Waals surface area contributed by atoms with Gasteiger partial charge in [-0.1, -0.05) is 0 Å². The number of aliphatic hydroxyl groups is 1. The second-order valence-electron chi connectivity index (χ2n) is 5.34. The van der Waals surface area contributed by atoms with Crippen LogP contribution in [0.3, 0.4) is 0 Å². The van der Waals surface area contributed by atoms with Gasteiger partial charge in [0.05, 0.1) is 23.9 Å². The van der Waals surface area contributed by atoms with E-state index in [0.29, 0.717) is 19.4 Å². The van der Waals surface area contributed by atoms with Gasteiger partial charge in [0.15, 0.2) is 5.82 Å². The summed E-state index contributed by atoms with van der Waals surface area (Å²) in [4.78, 5) is 21.7. The maximum atomic E-state index is 13.8. The Morgan fingerprint density at radius 2 is 2.00 bits per heavy atom. The summed E-state index contributed by atoms with van der Waals surface area (Å²) in [5.74, 6) is -1.05. The third-order valence-corrected chi connectivity index (χ3v) is 3.97. The van der Waals surface area contributed by atoms with Crippen molar-refractivity contribution in [3.05, 3.63) is 59.9 Å². The predicted molar refractivity (Wildman–Crippen MR) is 77.6 cm³/mol. The number of aliphatic hydroxyl groups excluding tert-OH is 1. The van der Waals surface area contributed by atoms with E-state index < -0.39 is 17.8 Å². The van der Waals surface area contributed by atoms with Gasteiger partial charge < -0.3 is 10.0 Å². The summed E-state index contributed by atoms with van der Waals surface area (Å²) in [6.45, 7) is 0.414. The van der Waals surface area contributed by atoms with Crippen LogP contribution in [-0.4, -0.2) is 44.6 Å². The number of aromatic nitrogens is 2. The monoisotopic (exact) mass is 301 g/mol. The maximum absolute atomic E-state index is 13.8. The Balaban J connectivity index is 1.83. The van der Waals surface area contributed by atoms with Crippen molar-refractivity contribution in [1.82, 2.24) is 14.9 Å². The average molecular weight is 301 g/mol. The van der Waals surface area contributed by atoms with E-state index in [0.717, 1.165) is 11.8 Å². The molecule has 0 aliphatic carbocycles. The zero-order valence-corrected chi connectivity index (χ0v) is 11.9. The molecule has 0 saturated carbocycles. The van der Waals surface area contributed by atoms with Gasteiger partial charge in [0, 0.05) is 25.1 Å². The van der Waals surface area contributed by atoms with Gasteiger partial charge in [0.1, 0.15) is 0 Å². The van der Waals surface area contributed by atoms with Crippen molar-refractivity contribution >= 4 is 5.91 Å². The zero-order chi connectivity index (χ0) is 15.5. The second kappa shape index (κ2) is 6.19. The molecule has 22 heavy (non-hydrogen) atoms. The minimum atomic E-state index is -0.642. The molecule has 1 amide bonds. The average Bonchev–Trinajstić information content (AvgIpc) is 2.89. The third kappa shape index (κ3) is 2.82. The summed E-state index contributed by atoms with van der Waals surface area (Å²) in [5.41, 5.74) is 0.970. The van der Waals surface area contributed by atoms with Gasteiger partial charge in [0.25, 0.3) is 5.91 Å². The minimum Gasteiger partial charge on any atom is -0.391 e. The maximum Gasteiger partial charge on any atom is 0.257 e.